The SMILES string of the molecule is O=C(CS(=O)c1cc(F)ccc1F)c1sccc1Br. The molecule has 0 aliphatic rings. The molecule has 7 heteroatoms. The lowest BCUT2D eigenvalue weighted by Gasteiger charge is -2.03. The summed E-state index contributed by atoms with van der Waals surface area (Å²) in [6.07, 6.45) is 0. The Hall–Kier alpha value is -0.920. The summed E-state index contributed by atoms with van der Waals surface area (Å²) in [5.74, 6) is -2.21. The first-order chi connectivity index (χ1) is 8.99. The van der Waals surface area contributed by atoms with Gasteiger partial charge in [-0.05, 0) is 45.6 Å². The first kappa shape index (κ1) is 14.5. The lowest BCUT2D eigenvalue weighted by molar-refractivity contribution is 0.102. The Labute approximate surface area is 123 Å². The van der Waals surface area contributed by atoms with Gasteiger partial charge in [-0.3, -0.25) is 9.00 Å². The van der Waals surface area contributed by atoms with Crippen molar-refractivity contribution in [2.45, 2.75) is 4.90 Å². The van der Waals surface area contributed by atoms with E-state index < -0.39 is 22.4 Å². The molecule has 0 radical (unpaired) electrons. The summed E-state index contributed by atoms with van der Waals surface area (Å²) in [4.78, 5) is 12.0. The molecule has 0 N–H and O–H groups in total. The highest BCUT2D eigenvalue weighted by molar-refractivity contribution is 9.10. The fourth-order valence-electron chi connectivity index (χ4n) is 1.41. The van der Waals surface area contributed by atoms with Crippen LogP contribution in [-0.4, -0.2) is 15.7 Å². The second kappa shape index (κ2) is 6.02. The van der Waals surface area contributed by atoms with E-state index in [0.29, 0.717) is 9.35 Å². The van der Waals surface area contributed by atoms with Gasteiger partial charge in [-0.1, -0.05) is 0 Å². The van der Waals surface area contributed by atoms with Gasteiger partial charge >= 0.3 is 0 Å². The number of hydrogen-bond acceptors (Lipinski definition) is 3. The van der Waals surface area contributed by atoms with Crippen LogP contribution in [0, 0.1) is 11.6 Å². The number of thiophene rings is 1. The summed E-state index contributed by atoms with van der Waals surface area (Å²) in [5.41, 5.74) is 0. The van der Waals surface area contributed by atoms with E-state index in [1.807, 2.05) is 0 Å². The summed E-state index contributed by atoms with van der Waals surface area (Å²) in [6.45, 7) is 0. The molecule has 0 saturated carbocycles. The van der Waals surface area contributed by atoms with Crippen molar-refractivity contribution in [2.24, 2.45) is 0 Å². The molecule has 1 heterocycles. The Morgan fingerprint density at radius 2 is 2.05 bits per heavy atom. The van der Waals surface area contributed by atoms with Crippen LogP contribution >= 0.6 is 27.3 Å². The van der Waals surface area contributed by atoms with Gasteiger partial charge in [0.05, 0.1) is 26.3 Å². The monoisotopic (exact) mass is 364 g/mol. The zero-order valence-corrected chi connectivity index (χ0v) is 12.6. The minimum atomic E-state index is -1.91. The quantitative estimate of drug-likeness (QED) is 0.773. The third-order valence-electron chi connectivity index (χ3n) is 2.27. The molecule has 0 saturated heterocycles. The third-order valence-corrected chi connectivity index (χ3v) is 5.48. The second-order valence-corrected chi connectivity index (χ2v) is 6.78. The highest BCUT2D eigenvalue weighted by Gasteiger charge is 2.18. The molecule has 0 aliphatic heterocycles. The van der Waals surface area contributed by atoms with E-state index in [1.165, 1.54) is 11.3 Å². The molecule has 1 aromatic heterocycles. The standard InChI is InChI=1S/C12H7BrF2O2S2/c13-8-3-4-18-12(8)10(16)6-19(17)11-5-7(14)1-2-9(11)15/h1-5H,6H2. The first-order valence-electron chi connectivity index (χ1n) is 5.08. The van der Waals surface area contributed by atoms with Crippen LogP contribution in [0.3, 0.4) is 0 Å². The van der Waals surface area contributed by atoms with Crippen LogP contribution in [0.15, 0.2) is 39.0 Å². The fourth-order valence-corrected chi connectivity index (χ4v) is 4.10. The van der Waals surface area contributed by atoms with Gasteiger partial charge in [0.2, 0.25) is 0 Å². The predicted molar refractivity (Wildman–Crippen MR) is 74.0 cm³/mol. The highest BCUT2D eigenvalue weighted by atomic mass is 79.9. The van der Waals surface area contributed by atoms with Crippen molar-refractivity contribution in [1.82, 2.24) is 0 Å². The molecule has 0 bridgehead atoms. The van der Waals surface area contributed by atoms with Crippen LogP contribution in [0.2, 0.25) is 0 Å². The summed E-state index contributed by atoms with van der Waals surface area (Å²) in [6, 6.07) is 4.38. The Kier molecular flexibility index (Phi) is 4.59. The van der Waals surface area contributed by atoms with Gasteiger partial charge in [-0.15, -0.1) is 11.3 Å². The van der Waals surface area contributed by atoms with Gasteiger partial charge < -0.3 is 0 Å². The van der Waals surface area contributed by atoms with E-state index in [-0.39, 0.29) is 16.4 Å². The smallest absolute Gasteiger partial charge is 0.186 e. The zero-order valence-electron chi connectivity index (χ0n) is 9.36. The van der Waals surface area contributed by atoms with Gasteiger partial charge in [-0.2, -0.15) is 0 Å². The van der Waals surface area contributed by atoms with Crippen molar-refractivity contribution in [3.63, 3.8) is 0 Å². The number of benzene rings is 1. The van der Waals surface area contributed by atoms with E-state index in [9.17, 15) is 17.8 Å². The molecule has 0 aliphatic carbocycles. The molecule has 2 nitrogen and oxygen atoms in total. The molecule has 100 valence electrons. The molecule has 2 aromatic rings. The van der Waals surface area contributed by atoms with E-state index in [0.717, 1.165) is 18.2 Å². The van der Waals surface area contributed by atoms with Crippen molar-refractivity contribution in [3.8, 4) is 0 Å². The van der Waals surface area contributed by atoms with Crippen LogP contribution in [-0.2, 0) is 10.8 Å². The maximum atomic E-state index is 13.4. The van der Waals surface area contributed by atoms with Crippen molar-refractivity contribution >= 4 is 43.8 Å². The summed E-state index contributed by atoms with van der Waals surface area (Å²) in [7, 11) is -1.91. The van der Waals surface area contributed by atoms with Crippen LogP contribution in [0.4, 0.5) is 8.78 Å². The normalized spacial score (nSPS) is 12.4. The second-order valence-electron chi connectivity index (χ2n) is 3.59. The molecule has 0 fully saturated rings. The lowest BCUT2D eigenvalue weighted by Crippen LogP contribution is -2.11. The molecule has 1 unspecified atom stereocenters. The van der Waals surface area contributed by atoms with Crippen LogP contribution in [0.1, 0.15) is 9.67 Å². The number of ketones is 1. The van der Waals surface area contributed by atoms with Gasteiger partial charge in [0.25, 0.3) is 0 Å². The number of carbonyl (C=O) groups excluding carboxylic acids is 1. The van der Waals surface area contributed by atoms with Gasteiger partial charge in [-0.25, -0.2) is 8.78 Å². The molecule has 0 spiro atoms. The zero-order chi connectivity index (χ0) is 14.0. The van der Waals surface area contributed by atoms with Crippen LogP contribution in [0.5, 0.6) is 0 Å². The maximum absolute atomic E-state index is 13.4. The number of hydrogen-bond donors (Lipinski definition) is 0. The first-order valence-corrected chi connectivity index (χ1v) is 8.08. The van der Waals surface area contributed by atoms with Gasteiger partial charge in [0, 0.05) is 4.47 Å². The number of Topliss-reactive ketones (excluding diaryl/α,β-unsaturated/α-hetero) is 1. The summed E-state index contributed by atoms with van der Waals surface area (Å²) in [5, 5.41) is 1.71. The molecule has 1 atom stereocenters. The minimum absolute atomic E-state index is 0.291. The summed E-state index contributed by atoms with van der Waals surface area (Å²) < 4.78 is 38.9. The molecule has 2 rings (SSSR count). The topological polar surface area (TPSA) is 34.1 Å². The van der Waals surface area contributed by atoms with Gasteiger partial charge in [0.1, 0.15) is 11.6 Å². The predicted octanol–water partition coefficient (Wildman–Crippen LogP) is 3.78. The van der Waals surface area contributed by atoms with Crippen molar-refractivity contribution < 1.29 is 17.8 Å². The lowest BCUT2D eigenvalue weighted by atomic mass is 10.3. The molecule has 1 aromatic carbocycles. The van der Waals surface area contributed by atoms with Gasteiger partial charge in [0.15, 0.2) is 5.78 Å². The average Bonchev–Trinajstić information content (AvgIpc) is 2.78. The van der Waals surface area contributed by atoms with Crippen molar-refractivity contribution in [1.29, 1.82) is 0 Å². The van der Waals surface area contributed by atoms with E-state index in [4.69, 9.17) is 0 Å². The minimum Gasteiger partial charge on any atom is -0.292 e. The largest absolute Gasteiger partial charge is 0.292 e. The van der Waals surface area contributed by atoms with E-state index in [1.54, 1.807) is 11.4 Å². The maximum Gasteiger partial charge on any atom is 0.186 e. The average molecular weight is 365 g/mol. The van der Waals surface area contributed by atoms with Crippen molar-refractivity contribution in [2.75, 3.05) is 5.75 Å². The Morgan fingerprint density at radius 3 is 2.68 bits per heavy atom. The fraction of sp³-hybridized carbons (Fsp3) is 0.0833. The van der Waals surface area contributed by atoms with E-state index >= 15 is 0 Å². The Bertz CT molecular complexity index is 655. The van der Waals surface area contributed by atoms with E-state index in [2.05, 4.69) is 15.9 Å². The molecule has 19 heavy (non-hydrogen) atoms. The van der Waals surface area contributed by atoms with Crippen molar-refractivity contribution in [3.05, 3.63) is 50.6 Å². The summed E-state index contributed by atoms with van der Waals surface area (Å²) >= 11 is 4.40. The number of halogens is 3. The Morgan fingerprint density at radius 1 is 1.32 bits per heavy atom. The Balaban J connectivity index is 2.20. The number of rotatable bonds is 4. The molecular weight excluding hydrogens is 358 g/mol. The molecular formula is C12H7BrF2O2S2. The number of carbonyl (C=O) groups is 1. The third kappa shape index (κ3) is 3.34. The highest BCUT2D eigenvalue weighted by Crippen LogP contribution is 2.24. The van der Waals surface area contributed by atoms with Crippen LogP contribution in [0.25, 0.3) is 0 Å². The molecule has 0 amide bonds. The van der Waals surface area contributed by atoms with Crippen LogP contribution < -0.4 is 0 Å².